The first-order chi connectivity index (χ1) is 12.1. The summed E-state index contributed by atoms with van der Waals surface area (Å²) in [4.78, 5) is 0. The summed E-state index contributed by atoms with van der Waals surface area (Å²) in [5, 5.41) is 11.6. The summed E-state index contributed by atoms with van der Waals surface area (Å²) in [6, 6.07) is 17.9. The van der Waals surface area contributed by atoms with Crippen molar-refractivity contribution in [2.24, 2.45) is 5.73 Å². The number of hydrogen-bond acceptors (Lipinski definition) is 3. The molecule has 0 spiro atoms. The second-order valence-corrected chi connectivity index (χ2v) is 6.17. The lowest BCUT2D eigenvalue weighted by Crippen LogP contribution is -2.22. The van der Waals surface area contributed by atoms with E-state index in [1.165, 1.54) is 12.1 Å². The molecule has 0 saturated heterocycles. The van der Waals surface area contributed by atoms with Crippen LogP contribution in [0.1, 0.15) is 17.0 Å². The predicted octanol–water partition coefficient (Wildman–Crippen LogP) is 4.85. The summed E-state index contributed by atoms with van der Waals surface area (Å²) < 4.78 is 20.3. The van der Waals surface area contributed by atoms with E-state index in [2.05, 4.69) is 0 Å². The molecule has 0 aromatic heterocycles. The molecule has 0 aliphatic carbocycles. The van der Waals surface area contributed by atoms with Crippen molar-refractivity contribution in [3.8, 4) is 11.8 Å². The highest BCUT2D eigenvalue weighted by Crippen LogP contribution is 2.47. The summed E-state index contributed by atoms with van der Waals surface area (Å²) in [6.45, 7) is 0. The Labute approximate surface area is 148 Å². The maximum Gasteiger partial charge on any atom is 0.205 e. The van der Waals surface area contributed by atoms with Crippen LogP contribution >= 0.6 is 11.6 Å². The van der Waals surface area contributed by atoms with Gasteiger partial charge in [0, 0.05) is 21.5 Å². The van der Waals surface area contributed by atoms with Gasteiger partial charge in [-0.25, -0.2) is 4.39 Å². The van der Waals surface area contributed by atoms with Crippen LogP contribution in [0, 0.1) is 17.1 Å². The number of rotatable bonds is 1. The zero-order valence-electron chi connectivity index (χ0n) is 13.0. The highest BCUT2D eigenvalue weighted by atomic mass is 35.5. The molecule has 0 saturated carbocycles. The minimum Gasteiger partial charge on any atom is -0.440 e. The Kier molecular flexibility index (Phi) is 3.60. The van der Waals surface area contributed by atoms with Gasteiger partial charge in [-0.05, 0) is 17.5 Å². The first kappa shape index (κ1) is 15.5. The second kappa shape index (κ2) is 5.80. The molecule has 25 heavy (non-hydrogen) atoms. The van der Waals surface area contributed by atoms with Gasteiger partial charge in [0.1, 0.15) is 23.2 Å². The molecule has 1 aliphatic rings. The van der Waals surface area contributed by atoms with Crippen molar-refractivity contribution in [1.82, 2.24) is 0 Å². The maximum absolute atomic E-state index is 14.6. The lowest BCUT2D eigenvalue weighted by atomic mass is 9.82. The van der Waals surface area contributed by atoms with E-state index in [9.17, 15) is 9.65 Å². The maximum atomic E-state index is 14.6. The fourth-order valence-corrected chi connectivity index (χ4v) is 3.54. The van der Waals surface area contributed by atoms with Crippen molar-refractivity contribution in [3.05, 3.63) is 88.0 Å². The molecule has 4 rings (SSSR count). The van der Waals surface area contributed by atoms with Crippen LogP contribution in [-0.2, 0) is 0 Å². The van der Waals surface area contributed by atoms with Crippen LogP contribution in [0.2, 0.25) is 5.02 Å². The summed E-state index contributed by atoms with van der Waals surface area (Å²) in [7, 11) is 0. The van der Waals surface area contributed by atoms with Crippen molar-refractivity contribution < 1.29 is 9.13 Å². The number of fused-ring (bicyclic) bond motifs is 3. The molecule has 2 N–H and O–H groups in total. The van der Waals surface area contributed by atoms with E-state index in [0.29, 0.717) is 11.3 Å². The van der Waals surface area contributed by atoms with Gasteiger partial charge in [0.25, 0.3) is 0 Å². The molecule has 1 aliphatic heterocycles. The minimum absolute atomic E-state index is 0.0318. The van der Waals surface area contributed by atoms with Crippen molar-refractivity contribution in [3.63, 3.8) is 0 Å². The number of nitrogens with two attached hydrogens (primary N) is 1. The lowest BCUT2D eigenvalue weighted by molar-refractivity contribution is 0.397. The Hall–Kier alpha value is -3.03. The molecule has 5 heteroatoms. The summed E-state index contributed by atoms with van der Waals surface area (Å²) in [6.07, 6.45) is 0. The van der Waals surface area contributed by atoms with Gasteiger partial charge in [0.15, 0.2) is 0 Å². The number of halogens is 2. The van der Waals surface area contributed by atoms with E-state index in [1.807, 2.05) is 42.5 Å². The van der Waals surface area contributed by atoms with Crippen molar-refractivity contribution >= 4 is 22.4 Å². The molecular weight excluding hydrogens is 339 g/mol. The van der Waals surface area contributed by atoms with Crippen LogP contribution in [-0.4, -0.2) is 0 Å². The van der Waals surface area contributed by atoms with Gasteiger partial charge in [-0.3, -0.25) is 0 Å². The van der Waals surface area contributed by atoms with E-state index < -0.39 is 11.7 Å². The van der Waals surface area contributed by atoms with Gasteiger partial charge in [-0.15, -0.1) is 0 Å². The molecular formula is C20H12ClFN2O. The average molecular weight is 351 g/mol. The Bertz CT molecular complexity index is 1060. The Morgan fingerprint density at radius 3 is 2.64 bits per heavy atom. The molecule has 1 atom stereocenters. The fraction of sp³-hybridized carbons (Fsp3) is 0.0500. The summed E-state index contributed by atoms with van der Waals surface area (Å²) in [5.41, 5.74) is 7.03. The molecule has 0 amide bonds. The quantitative estimate of drug-likeness (QED) is 0.682. The molecule has 3 aromatic rings. The Balaban J connectivity index is 2.07. The van der Waals surface area contributed by atoms with E-state index >= 15 is 0 Å². The molecule has 0 unspecified atom stereocenters. The van der Waals surface area contributed by atoms with Crippen LogP contribution in [0.5, 0.6) is 5.75 Å². The number of allylic oxidation sites excluding steroid dienone is 1. The molecule has 1 heterocycles. The Morgan fingerprint density at radius 2 is 1.88 bits per heavy atom. The highest BCUT2D eigenvalue weighted by molar-refractivity contribution is 6.31. The third-order valence-electron chi connectivity index (χ3n) is 4.40. The zero-order chi connectivity index (χ0) is 17.6. The topological polar surface area (TPSA) is 59.0 Å². The normalized spacial score (nSPS) is 16.3. The minimum atomic E-state index is -0.716. The highest BCUT2D eigenvalue weighted by Gasteiger charge is 2.34. The number of nitriles is 1. The summed E-state index contributed by atoms with van der Waals surface area (Å²) >= 11 is 6.26. The number of hydrogen-bond donors (Lipinski definition) is 1. The summed E-state index contributed by atoms with van der Waals surface area (Å²) in [5.74, 6) is -0.708. The number of benzene rings is 3. The van der Waals surface area contributed by atoms with Crippen LogP contribution in [0.4, 0.5) is 4.39 Å². The van der Waals surface area contributed by atoms with Crippen molar-refractivity contribution in [1.29, 1.82) is 5.26 Å². The van der Waals surface area contributed by atoms with Gasteiger partial charge in [0.05, 0.1) is 5.92 Å². The van der Waals surface area contributed by atoms with E-state index in [-0.39, 0.29) is 22.0 Å². The third kappa shape index (κ3) is 2.33. The van der Waals surface area contributed by atoms with Gasteiger partial charge < -0.3 is 10.5 Å². The molecule has 3 aromatic carbocycles. The third-order valence-corrected chi connectivity index (χ3v) is 4.73. The van der Waals surface area contributed by atoms with E-state index in [0.717, 1.165) is 10.8 Å². The monoisotopic (exact) mass is 350 g/mol. The van der Waals surface area contributed by atoms with Crippen molar-refractivity contribution in [2.45, 2.75) is 5.92 Å². The molecule has 122 valence electrons. The van der Waals surface area contributed by atoms with Crippen LogP contribution in [0.15, 0.2) is 66.1 Å². The SMILES string of the molecule is N#CC1=C(N)Oc2c(ccc3ccccc23)[C@@H]1c1c(F)cccc1Cl. The van der Waals surface area contributed by atoms with Crippen molar-refractivity contribution in [2.75, 3.05) is 0 Å². The van der Waals surface area contributed by atoms with E-state index in [1.54, 1.807) is 6.07 Å². The molecule has 0 bridgehead atoms. The van der Waals surface area contributed by atoms with E-state index in [4.69, 9.17) is 22.1 Å². The predicted molar refractivity (Wildman–Crippen MR) is 94.7 cm³/mol. The molecule has 0 fully saturated rings. The second-order valence-electron chi connectivity index (χ2n) is 5.77. The van der Waals surface area contributed by atoms with Crippen LogP contribution in [0.25, 0.3) is 10.8 Å². The smallest absolute Gasteiger partial charge is 0.205 e. The van der Waals surface area contributed by atoms with Gasteiger partial charge in [-0.2, -0.15) is 5.26 Å². The largest absolute Gasteiger partial charge is 0.440 e. The van der Waals surface area contributed by atoms with Gasteiger partial charge in [-0.1, -0.05) is 54.1 Å². The van der Waals surface area contributed by atoms with Gasteiger partial charge in [0.2, 0.25) is 5.88 Å². The first-order valence-corrected chi connectivity index (χ1v) is 8.02. The average Bonchev–Trinajstić information content (AvgIpc) is 2.61. The number of ether oxygens (including phenoxy) is 1. The number of nitrogens with zero attached hydrogens (tertiary/aromatic N) is 1. The lowest BCUT2D eigenvalue weighted by Gasteiger charge is -2.28. The van der Waals surface area contributed by atoms with Gasteiger partial charge >= 0.3 is 0 Å². The fourth-order valence-electron chi connectivity index (χ4n) is 3.27. The Morgan fingerprint density at radius 1 is 1.08 bits per heavy atom. The van der Waals surface area contributed by atoms with Crippen LogP contribution in [0.3, 0.4) is 0 Å². The standard InChI is InChI=1S/C20H12ClFN2O/c21-15-6-3-7-16(22)18(15)17-13-9-8-11-4-1-2-5-12(11)19(13)25-20(24)14(17)10-23/h1-9,17H,24H2/t17-/m0/s1. The van der Waals surface area contributed by atoms with Crippen LogP contribution < -0.4 is 10.5 Å². The first-order valence-electron chi connectivity index (χ1n) is 7.65. The molecule has 0 radical (unpaired) electrons. The zero-order valence-corrected chi connectivity index (χ0v) is 13.7. The molecule has 3 nitrogen and oxygen atoms in total.